The molecule has 0 spiro atoms. The van der Waals surface area contributed by atoms with Crippen molar-refractivity contribution in [2.45, 2.75) is 45.3 Å². The van der Waals surface area contributed by atoms with Crippen LogP contribution in [0.2, 0.25) is 0 Å². The number of H-pyrrole nitrogens is 1. The number of hydrogen-bond donors (Lipinski definition) is 2. The lowest BCUT2D eigenvalue weighted by Crippen LogP contribution is -2.22. The van der Waals surface area contributed by atoms with Crippen molar-refractivity contribution in [1.29, 1.82) is 0 Å². The van der Waals surface area contributed by atoms with Crippen LogP contribution in [0.15, 0.2) is 41.5 Å². The summed E-state index contributed by atoms with van der Waals surface area (Å²) in [4.78, 5) is 35.1. The van der Waals surface area contributed by atoms with Crippen molar-refractivity contribution in [3.05, 3.63) is 52.6 Å². The van der Waals surface area contributed by atoms with Gasteiger partial charge in [-0.3, -0.25) is 23.7 Å². The van der Waals surface area contributed by atoms with E-state index in [0.29, 0.717) is 5.65 Å². The van der Waals surface area contributed by atoms with Gasteiger partial charge < -0.3 is 19.6 Å². The van der Waals surface area contributed by atoms with Crippen molar-refractivity contribution in [2.24, 2.45) is 5.92 Å². The fourth-order valence-corrected chi connectivity index (χ4v) is 5.28. The SMILES string of the molecule is Nc1nc2c(ncn2CCOCP(=O)(OCC(=O)C2CCCCC2)OCc2ccccc2)c(=O)[nH]1. The third kappa shape index (κ3) is 6.85. The van der Waals surface area contributed by atoms with Gasteiger partial charge in [0.2, 0.25) is 5.95 Å². The summed E-state index contributed by atoms with van der Waals surface area (Å²) < 4.78 is 31.9. The fourth-order valence-electron chi connectivity index (χ4n) is 4.04. The molecule has 2 heterocycles. The number of imidazole rings is 1. The lowest BCUT2D eigenvalue weighted by Gasteiger charge is -2.22. The number of ether oxygens (including phenoxy) is 1. The van der Waals surface area contributed by atoms with Gasteiger partial charge in [0, 0.05) is 12.5 Å². The Morgan fingerprint density at radius 3 is 2.71 bits per heavy atom. The molecule has 1 aliphatic rings. The van der Waals surface area contributed by atoms with Crippen molar-refractivity contribution in [3.63, 3.8) is 0 Å². The van der Waals surface area contributed by atoms with Gasteiger partial charge in [0.15, 0.2) is 16.9 Å². The summed E-state index contributed by atoms with van der Waals surface area (Å²) in [7, 11) is -3.72. The van der Waals surface area contributed by atoms with Crippen LogP contribution in [0.1, 0.15) is 37.7 Å². The molecule has 188 valence electrons. The van der Waals surface area contributed by atoms with Crippen LogP contribution < -0.4 is 11.3 Å². The molecule has 12 heteroatoms. The first-order valence-electron chi connectivity index (χ1n) is 11.7. The second-order valence-corrected chi connectivity index (χ2v) is 10.5. The molecule has 11 nitrogen and oxygen atoms in total. The number of nitrogens with two attached hydrogens (primary N) is 1. The van der Waals surface area contributed by atoms with Gasteiger partial charge in [-0.05, 0) is 18.4 Å². The van der Waals surface area contributed by atoms with Crippen LogP contribution in [0.3, 0.4) is 0 Å². The molecule has 0 bridgehead atoms. The highest BCUT2D eigenvalue weighted by Gasteiger charge is 2.29. The molecule has 1 aliphatic carbocycles. The van der Waals surface area contributed by atoms with Crippen LogP contribution in [0.25, 0.3) is 11.2 Å². The van der Waals surface area contributed by atoms with Gasteiger partial charge >= 0.3 is 7.60 Å². The highest BCUT2D eigenvalue weighted by molar-refractivity contribution is 7.53. The largest absolute Gasteiger partial charge is 0.369 e. The first-order valence-corrected chi connectivity index (χ1v) is 13.4. The van der Waals surface area contributed by atoms with Crippen LogP contribution in [0, 0.1) is 5.92 Å². The minimum atomic E-state index is -3.72. The average molecular weight is 503 g/mol. The van der Waals surface area contributed by atoms with Gasteiger partial charge in [0.25, 0.3) is 5.56 Å². The van der Waals surface area contributed by atoms with Gasteiger partial charge in [-0.25, -0.2) is 4.98 Å². The molecule has 1 saturated carbocycles. The van der Waals surface area contributed by atoms with Crippen molar-refractivity contribution in [3.8, 4) is 0 Å². The number of aromatic amines is 1. The number of carbonyl (C=O) groups is 1. The van der Waals surface area contributed by atoms with Crippen LogP contribution in [-0.4, -0.2) is 44.9 Å². The summed E-state index contributed by atoms with van der Waals surface area (Å²) in [5, 5.41) is 0. The molecule has 1 unspecified atom stereocenters. The van der Waals surface area contributed by atoms with Crippen LogP contribution in [-0.2, 0) is 36.3 Å². The summed E-state index contributed by atoms with van der Waals surface area (Å²) in [6.07, 6.45) is 6.01. The Balaban J connectivity index is 1.35. The standard InChI is InChI=1S/C23H30N5O6P/c24-23-26-21-20(22(30)27-23)25-15-28(21)11-12-32-16-35(31,33-13-17-7-3-1-4-8-17)34-14-19(29)18-9-5-2-6-10-18/h1,3-4,7-8,15,18H,2,5-6,9-14,16H2,(H3,24,26,27,30). The molecular weight excluding hydrogens is 473 g/mol. The first kappa shape index (κ1) is 25.2. The number of rotatable bonds is 12. The van der Waals surface area contributed by atoms with E-state index in [1.54, 1.807) is 4.57 Å². The maximum atomic E-state index is 13.4. The fraction of sp³-hybridized carbons (Fsp3) is 0.478. The van der Waals surface area contributed by atoms with Crippen molar-refractivity contribution in [2.75, 3.05) is 25.3 Å². The number of ketones is 1. The molecular formula is C23H30N5O6P. The smallest absolute Gasteiger partial charge is 0.356 e. The quantitative estimate of drug-likeness (QED) is 0.280. The molecule has 35 heavy (non-hydrogen) atoms. The number of fused-ring (bicyclic) bond motifs is 1. The van der Waals surface area contributed by atoms with E-state index >= 15 is 0 Å². The van der Waals surface area contributed by atoms with Crippen molar-refractivity contribution in [1.82, 2.24) is 19.5 Å². The van der Waals surface area contributed by atoms with Gasteiger partial charge in [-0.15, -0.1) is 0 Å². The van der Waals surface area contributed by atoms with Crippen molar-refractivity contribution >= 4 is 30.5 Å². The van der Waals surface area contributed by atoms with Gasteiger partial charge in [0.05, 0.1) is 19.5 Å². The molecule has 0 amide bonds. The van der Waals surface area contributed by atoms with Crippen LogP contribution in [0.4, 0.5) is 5.95 Å². The number of nitrogen functional groups attached to an aromatic ring is 1. The zero-order valence-electron chi connectivity index (χ0n) is 19.4. The number of anilines is 1. The minimum Gasteiger partial charge on any atom is -0.369 e. The Hall–Kier alpha value is -2.85. The topological polar surface area (TPSA) is 151 Å². The monoisotopic (exact) mass is 503 g/mol. The van der Waals surface area contributed by atoms with Crippen LogP contribution in [0.5, 0.6) is 0 Å². The summed E-state index contributed by atoms with van der Waals surface area (Å²) in [5.74, 6) is -0.114. The summed E-state index contributed by atoms with van der Waals surface area (Å²) in [6.45, 7) is 0.208. The van der Waals surface area contributed by atoms with E-state index in [2.05, 4.69) is 15.0 Å². The van der Waals surface area contributed by atoms with Gasteiger partial charge in [-0.2, -0.15) is 4.98 Å². The molecule has 0 aliphatic heterocycles. The maximum Gasteiger partial charge on any atom is 0.356 e. The van der Waals surface area contributed by atoms with E-state index in [4.69, 9.17) is 19.5 Å². The van der Waals surface area contributed by atoms with E-state index in [1.807, 2.05) is 30.3 Å². The third-order valence-corrected chi connectivity index (χ3v) is 7.50. The van der Waals surface area contributed by atoms with E-state index in [9.17, 15) is 14.2 Å². The second-order valence-electron chi connectivity index (χ2n) is 8.54. The predicted octanol–water partition coefficient (Wildman–Crippen LogP) is 3.25. The first-order chi connectivity index (χ1) is 16.9. The van der Waals surface area contributed by atoms with E-state index < -0.39 is 13.2 Å². The van der Waals surface area contributed by atoms with E-state index in [0.717, 1.165) is 37.7 Å². The Labute approximate surface area is 202 Å². The highest BCUT2D eigenvalue weighted by Crippen LogP contribution is 2.49. The van der Waals surface area contributed by atoms with E-state index in [-0.39, 0.29) is 55.9 Å². The molecule has 1 aromatic carbocycles. The van der Waals surface area contributed by atoms with Gasteiger partial charge in [-0.1, -0.05) is 49.6 Å². The zero-order chi connectivity index (χ0) is 24.7. The van der Waals surface area contributed by atoms with Crippen molar-refractivity contribution < 1.29 is 23.1 Å². The molecule has 0 saturated heterocycles. The molecule has 3 N–H and O–H groups in total. The number of carbonyl (C=O) groups excluding carboxylic acids is 1. The lowest BCUT2D eigenvalue weighted by atomic mass is 9.86. The van der Waals surface area contributed by atoms with Gasteiger partial charge in [0.1, 0.15) is 13.0 Å². The second kappa shape index (κ2) is 11.7. The number of benzene rings is 1. The zero-order valence-corrected chi connectivity index (χ0v) is 20.3. The molecule has 4 rings (SSSR count). The Kier molecular flexibility index (Phi) is 8.46. The summed E-state index contributed by atoms with van der Waals surface area (Å²) in [5.41, 5.74) is 6.51. The number of Topliss-reactive ketones (excluding diaryl/α,β-unsaturated/α-hetero) is 1. The normalized spacial score (nSPS) is 16.3. The Morgan fingerprint density at radius 2 is 1.94 bits per heavy atom. The van der Waals surface area contributed by atoms with E-state index in [1.165, 1.54) is 6.33 Å². The molecule has 2 aromatic heterocycles. The molecule has 3 aromatic rings. The third-order valence-electron chi connectivity index (χ3n) is 5.95. The number of nitrogens with zero attached hydrogens (tertiary/aromatic N) is 3. The predicted molar refractivity (Wildman–Crippen MR) is 130 cm³/mol. The Morgan fingerprint density at radius 1 is 1.17 bits per heavy atom. The number of nitrogens with one attached hydrogen (secondary N) is 1. The average Bonchev–Trinajstić information content (AvgIpc) is 3.28. The molecule has 1 fully saturated rings. The summed E-state index contributed by atoms with van der Waals surface area (Å²) >= 11 is 0. The number of aromatic nitrogens is 4. The van der Waals surface area contributed by atoms with Crippen LogP contribution >= 0.6 is 7.60 Å². The molecule has 0 radical (unpaired) electrons. The lowest BCUT2D eigenvalue weighted by molar-refractivity contribution is -0.126. The number of hydrogen-bond acceptors (Lipinski definition) is 9. The molecule has 1 atom stereocenters. The Bertz CT molecular complexity index is 1240. The summed E-state index contributed by atoms with van der Waals surface area (Å²) in [6, 6.07) is 9.29. The highest BCUT2D eigenvalue weighted by atomic mass is 31.2. The maximum absolute atomic E-state index is 13.4. The minimum absolute atomic E-state index is 0.0139.